The highest BCUT2D eigenvalue weighted by Gasteiger charge is 2.36. The van der Waals surface area contributed by atoms with Gasteiger partial charge < -0.3 is 20.6 Å². The molecule has 0 saturated heterocycles. The molecule has 2 unspecified atom stereocenters. The Morgan fingerprint density at radius 1 is 0.875 bits per heavy atom. The molecule has 2 aliphatic rings. The number of rotatable bonds is 3. The lowest BCUT2D eigenvalue weighted by molar-refractivity contribution is -0.116. The van der Waals surface area contributed by atoms with Gasteiger partial charge in [-0.15, -0.1) is 0 Å². The van der Waals surface area contributed by atoms with Crippen molar-refractivity contribution >= 4 is 22.8 Å². The molecule has 1 heterocycles. The number of para-hydroxylation sites is 2. The van der Waals surface area contributed by atoms with Crippen molar-refractivity contribution in [2.45, 2.75) is 24.8 Å². The number of hydrogen-bond acceptors (Lipinski definition) is 5. The van der Waals surface area contributed by atoms with Gasteiger partial charge in [0.05, 0.1) is 17.4 Å². The molecule has 0 aromatic heterocycles. The summed E-state index contributed by atoms with van der Waals surface area (Å²) >= 11 is 0. The highest BCUT2D eigenvalue weighted by Crippen LogP contribution is 2.44. The predicted octanol–water partition coefficient (Wildman–Crippen LogP) is 5.44. The number of carbonyl (C=O) groups is 1. The second kappa shape index (κ2) is 8.08. The van der Waals surface area contributed by atoms with Crippen molar-refractivity contribution in [2.75, 3.05) is 29.6 Å². The van der Waals surface area contributed by atoms with Crippen LogP contribution in [0.2, 0.25) is 0 Å². The fourth-order valence-electron chi connectivity index (χ4n) is 4.73. The maximum Gasteiger partial charge on any atom is 0.163 e. The van der Waals surface area contributed by atoms with Crippen molar-refractivity contribution in [3.05, 3.63) is 95.2 Å². The van der Waals surface area contributed by atoms with E-state index >= 15 is 0 Å². The van der Waals surface area contributed by atoms with Crippen LogP contribution in [0.4, 0.5) is 17.1 Å². The summed E-state index contributed by atoms with van der Waals surface area (Å²) in [7, 11) is 4.05. The van der Waals surface area contributed by atoms with Crippen LogP contribution >= 0.6 is 0 Å². The number of aromatic hydroxyl groups is 1. The Morgan fingerprint density at radius 2 is 1.62 bits per heavy atom. The van der Waals surface area contributed by atoms with Crippen LogP contribution in [0.15, 0.2) is 84.1 Å². The van der Waals surface area contributed by atoms with Crippen LogP contribution in [-0.2, 0) is 4.79 Å². The minimum Gasteiger partial charge on any atom is -0.508 e. The molecule has 0 spiro atoms. The van der Waals surface area contributed by atoms with Crippen molar-refractivity contribution in [3.8, 4) is 5.75 Å². The summed E-state index contributed by atoms with van der Waals surface area (Å²) in [5.74, 6) is 0.452. The van der Waals surface area contributed by atoms with Crippen LogP contribution in [0.1, 0.15) is 35.9 Å². The molecule has 0 amide bonds. The summed E-state index contributed by atoms with van der Waals surface area (Å²) in [5.41, 5.74) is 6.80. The van der Waals surface area contributed by atoms with E-state index in [1.807, 2.05) is 50.5 Å². The summed E-state index contributed by atoms with van der Waals surface area (Å²) in [6.07, 6.45) is 1.23. The maximum absolute atomic E-state index is 13.6. The molecule has 5 heteroatoms. The standard InChI is InChI=1S/C27H27N3O2/c1-30(2)20-12-10-17(11-13-20)19-15-24-26(25(32)16-19)27(18-6-5-7-21(31)14-18)29-23-9-4-3-8-22(23)28-24/h3-14,19,27-29,31H,15-16H2,1-2H3. The first-order chi connectivity index (χ1) is 15.5. The van der Waals surface area contributed by atoms with E-state index in [1.54, 1.807) is 12.1 Å². The molecule has 5 rings (SSSR count). The summed E-state index contributed by atoms with van der Waals surface area (Å²) in [6, 6.07) is 23.3. The van der Waals surface area contributed by atoms with Gasteiger partial charge in [-0.3, -0.25) is 4.79 Å². The Bertz CT molecular complexity index is 1200. The van der Waals surface area contributed by atoms with E-state index in [4.69, 9.17) is 0 Å². The van der Waals surface area contributed by atoms with E-state index in [1.165, 1.54) is 5.56 Å². The minimum absolute atomic E-state index is 0.125. The molecule has 1 aliphatic heterocycles. The third-order valence-electron chi connectivity index (χ3n) is 6.39. The van der Waals surface area contributed by atoms with Gasteiger partial charge in [0.2, 0.25) is 0 Å². The number of benzene rings is 3. The second-order valence-corrected chi connectivity index (χ2v) is 8.75. The van der Waals surface area contributed by atoms with Gasteiger partial charge in [0.25, 0.3) is 0 Å². The van der Waals surface area contributed by atoms with Gasteiger partial charge >= 0.3 is 0 Å². The molecule has 5 nitrogen and oxygen atoms in total. The number of phenols is 1. The van der Waals surface area contributed by atoms with Crippen LogP contribution in [0, 0.1) is 0 Å². The fraction of sp³-hybridized carbons (Fsp3) is 0.222. The molecule has 1 aliphatic carbocycles. The lowest BCUT2D eigenvalue weighted by atomic mass is 9.78. The van der Waals surface area contributed by atoms with E-state index in [0.717, 1.165) is 40.3 Å². The Kier molecular flexibility index (Phi) is 5.10. The van der Waals surface area contributed by atoms with Crippen LogP contribution in [0.5, 0.6) is 5.75 Å². The van der Waals surface area contributed by atoms with Crippen LogP contribution in [0.25, 0.3) is 0 Å². The number of nitrogens with zero attached hydrogens (tertiary/aromatic N) is 1. The highest BCUT2D eigenvalue weighted by atomic mass is 16.3. The molecule has 3 N–H and O–H groups in total. The first kappa shape index (κ1) is 20.2. The number of ketones is 1. The van der Waals surface area contributed by atoms with Crippen molar-refractivity contribution in [1.29, 1.82) is 0 Å². The van der Waals surface area contributed by atoms with Gasteiger partial charge in [0.15, 0.2) is 5.78 Å². The fourth-order valence-corrected chi connectivity index (χ4v) is 4.73. The maximum atomic E-state index is 13.6. The number of Topliss-reactive ketones (excluding diaryl/α,β-unsaturated/α-hetero) is 1. The topological polar surface area (TPSA) is 64.6 Å². The zero-order chi connectivity index (χ0) is 22.2. The van der Waals surface area contributed by atoms with E-state index in [-0.39, 0.29) is 23.5 Å². The second-order valence-electron chi connectivity index (χ2n) is 8.75. The van der Waals surface area contributed by atoms with Crippen molar-refractivity contribution < 1.29 is 9.90 Å². The van der Waals surface area contributed by atoms with Gasteiger partial charge in [-0.25, -0.2) is 0 Å². The smallest absolute Gasteiger partial charge is 0.163 e. The molecule has 2 atom stereocenters. The number of phenolic OH excluding ortho intramolecular Hbond substituents is 1. The van der Waals surface area contributed by atoms with Crippen LogP contribution in [0.3, 0.4) is 0 Å². The van der Waals surface area contributed by atoms with Crippen LogP contribution < -0.4 is 15.5 Å². The van der Waals surface area contributed by atoms with Crippen molar-refractivity contribution in [3.63, 3.8) is 0 Å². The Hall–Kier alpha value is -3.73. The number of allylic oxidation sites excluding steroid dienone is 1. The van der Waals surface area contributed by atoms with Gasteiger partial charge in [0.1, 0.15) is 5.75 Å². The van der Waals surface area contributed by atoms with E-state index in [0.29, 0.717) is 6.42 Å². The molecule has 32 heavy (non-hydrogen) atoms. The molecule has 0 fully saturated rings. The Morgan fingerprint density at radius 3 is 2.34 bits per heavy atom. The summed E-state index contributed by atoms with van der Waals surface area (Å²) in [6.45, 7) is 0. The number of fused-ring (bicyclic) bond motifs is 1. The Labute approximate surface area is 188 Å². The zero-order valence-corrected chi connectivity index (χ0v) is 18.3. The molecule has 162 valence electrons. The Balaban J connectivity index is 1.56. The lowest BCUT2D eigenvalue weighted by Crippen LogP contribution is -2.26. The van der Waals surface area contributed by atoms with E-state index in [2.05, 4.69) is 39.8 Å². The predicted molar refractivity (Wildman–Crippen MR) is 129 cm³/mol. The highest BCUT2D eigenvalue weighted by molar-refractivity contribution is 6.01. The zero-order valence-electron chi connectivity index (χ0n) is 18.3. The van der Waals surface area contributed by atoms with E-state index in [9.17, 15) is 9.90 Å². The van der Waals surface area contributed by atoms with Crippen molar-refractivity contribution in [1.82, 2.24) is 0 Å². The largest absolute Gasteiger partial charge is 0.508 e. The quantitative estimate of drug-likeness (QED) is 0.522. The number of anilines is 3. The third kappa shape index (κ3) is 3.71. The summed E-state index contributed by atoms with van der Waals surface area (Å²) in [5, 5.41) is 17.2. The van der Waals surface area contributed by atoms with E-state index < -0.39 is 0 Å². The monoisotopic (exact) mass is 425 g/mol. The number of nitrogens with one attached hydrogen (secondary N) is 2. The van der Waals surface area contributed by atoms with Gasteiger partial charge in [0, 0.05) is 37.5 Å². The first-order valence-electron chi connectivity index (χ1n) is 10.9. The minimum atomic E-state index is -0.321. The van der Waals surface area contributed by atoms with Gasteiger partial charge in [-0.1, -0.05) is 36.4 Å². The first-order valence-corrected chi connectivity index (χ1v) is 10.9. The molecular weight excluding hydrogens is 398 g/mol. The number of hydrogen-bond donors (Lipinski definition) is 3. The average molecular weight is 426 g/mol. The molecular formula is C27H27N3O2. The SMILES string of the molecule is CN(C)c1ccc(C2CC(=O)C3=C(C2)Nc2ccccc2NC3c2cccc(O)c2)cc1. The molecule has 3 aromatic rings. The van der Waals surface area contributed by atoms with Crippen LogP contribution in [-0.4, -0.2) is 25.0 Å². The van der Waals surface area contributed by atoms with Gasteiger partial charge in [-0.05, 0) is 59.9 Å². The summed E-state index contributed by atoms with van der Waals surface area (Å²) < 4.78 is 0. The number of carbonyl (C=O) groups excluding carboxylic acids is 1. The molecule has 3 aromatic carbocycles. The third-order valence-corrected chi connectivity index (χ3v) is 6.39. The van der Waals surface area contributed by atoms with Gasteiger partial charge in [-0.2, -0.15) is 0 Å². The van der Waals surface area contributed by atoms with Crippen molar-refractivity contribution in [2.24, 2.45) is 0 Å². The molecule has 0 bridgehead atoms. The lowest BCUT2D eigenvalue weighted by Gasteiger charge is -2.30. The molecule has 0 saturated carbocycles. The molecule has 0 radical (unpaired) electrons. The normalized spacial score (nSPS) is 19.9. The average Bonchev–Trinajstić information content (AvgIpc) is 2.96. The summed E-state index contributed by atoms with van der Waals surface area (Å²) in [4.78, 5) is 15.6.